The molecule has 0 rings (SSSR count). The molecule has 14 nitrogen and oxygen atoms in total. The average Bonchev–Trinajstić information content (AvgIpc) is 2.23. The van der Waals surface area contributed by atoms with Gasteiger partial charge in [-0.2, -0.15) is 0 Å². The van der Waals surface area contributed by atoms with Crippen molar-refractivity contribution in [2.45, 2.75) is 12.2 Å². The molecule has 18 heteroatoms. The number of hydrogen-bond acceptors (Lipinski definition) is 12. The summed E-state index contributed by atoms with van der Waals surface area (Å²) in [4.78, 5) is 19.5. The van der Waals surface area contributed by atoms with Crippen LogP contribution in [0.25, 0.3) is 0 Å². The quantitative estimate of drug-likeness (QED) is 0.102. The zero-order valence-electron chi connectivity index (χ0n) is 10.8. The van der Waals surface area contributed by atoms with Crippen LogP contribution in [-0.2, 0) is 39.1 Å². The Kier molecular flexibility index (Phi) is 20.2. The predicted octanol–water partition coefficient (Wildman–Crippen LogP) is -10.3. The van der Waals surface area contributed by atoms with E-state index in [0.717, 1.165) is 0 Å². The van der Waals surface area contributed by atoms with Crippen LogP contribution in [0.4, 0.5) is 0 Å². The number of carboxylic acids is 2. The first-order valence-corrected chi connectivity index (χ1v) is 6.45. The first kappa shape index (κ1) is 31.6. The summed E-state index contributed by atoms with van der Waals surface area (Å²) in [5, 5.41) is 32.5. The third-order valence-corrected chi connectivity index (χ3v) is 1.56. The number of aliphatic hydroxyl groups is 2. The van der Waals surface area contributed by atoms with Crippen LogP contribution in [0.2, 0.25) is 0 Å². The van der Waals surface area contributed by atoms with Crippen molar-refractivity contribution >= 4 is 32.7 Å². The maximum absolute atomic E-state index is 9.77. The third-order valence-electron chi connectivity index (χ3n) is 1.000. The van der Waals surface area contributed by atoms with Gasteiger partial charge in [-0.3, -0.25) is 0 Å². The molecule has 2 unspecified atom stereocenters. The van der Waals surface area contributed by atoms with Crippen LogP contribution in [0, 0.1) is 0 Å². The van der Waals surface area contributed by atoms with Gasteiger partial charge in [-0.15, -0.1) is 8.67 Å². The Morgan fingerprint density at radius 2 is 0.955 bits per heavy atom. The van der Waals surface area contributed by atoms with E-state index in [1.54, 1.807) is 0 Å². The van der Waals surface area contributed by atoms with Gasteiger partial charge in [-0.05, 0) is 0 Å². The largest absolute Gasteiger partial charge is 1.00 e. The van der Waals surface area contributed by atoms with Crippen molar-refractivity contribution in [3.63, 3.8) is 0 Å². The Morgan fingerprint density at radius 1 is 0.773 bits per heavy atom. The van der Waals surface area contributed by atoms with Gasteiger partial charge >= 0.3 is 115 Å². The Hall–Kier alpha value is 1.87. The summed E-state index contributed by atoms with van der Waals surface area (Å²) in [6.45, 7) is 0. The molecule has 0 heterocycles. The normalized spacial score (nSPS) is 13.3. The van der Waals surface area contributed by atoms with Gasteiger partial charge < -0.3 is 29.5 Å². The topological polar surface area (TPSA) is 248 Å². The molecule has 0 radical (unpaired) electrons. The Labute approximate surface area is 208 Å². The van der Waals surface area contributed by atoms with E-state index in [-0.39, 0.29) is 103 Å². The number of carbonyl (C=O) groups is 2. The molecule has 0 aromatic heterocycles. The van der Waals surface area contributed by atoms with E-state index < -0.39 is 44.9 Å². The van der Waals surface area contributed by atoms with E-state index >= 15 is 0 Å². The van der Waals surface area contributed by atoms with Gasteiger partial charge in [-0.25, -0.2) is 26.4 Å². The molecule has 0 saturated carbocycles. The summed E-state index contributed by atoms with van der Waals surface area (Å²) < 4.78 is 61.5. The van der Waals surface area contributed by atoms with Crippen molar-refractivity contribution in [2.75, 3.05) is 0 Å². The van der Waals surface area contributed by atoms with Gasteiger partial charge in [0, 0.05) is 0 Å². The van der Waals surface area contributed by atoms with Crippen LogP contribution in [0.5, 0.6) is 0 Å². The molecule has 0 amide bonds. The SMILES string of the molecule is O=C(O)C(O)C(O)C(=O)O.O=S(=O)([O-])OOS(=O)(=O)[O-].[K+].[K+]. The van der Waals surface area contributed by atoms with Crippen molar-refractivity contribution < 1.29 is 167 Å². The molecular formula is C4H6K2O14S2. The van der Waals surface area contributed by atoms with Gasteiger partial charge in [0.1, 0.15) is 0 Å². The number of aliphatic carboxylic acids is 2. The van der Waals surface area contributed by atoms with Crippen LogP contribution < -0.4 is 103 Å². The van der Waals surface area contributed by atoms with E-state index in [2.05, 4.69) is 8.67 Å². The van der Waals surface area contributed by atoms with Gasteiger partial charge in [0.2, 0.25) is 20.8 Å². The van der Waals surface area contributed by atoms with Crippen LogP contribution in [0.1, 0.15) is 0 Å². The molecule has 0 aromatic carbocycles. The predicted molar refractivity (Wildman–Crippen MR) is 48.8 cm³/mol. The van der Waals surface area contributed by atoms with Gasteiger partial charge in [-0.1, -0.05) is 0 Å². The fourth-order valence-electron chi connectivity index (χ4n) is 0.338. The second kappa shape index (κ2) is 14.1. The van der Waals surface area contributed by atoms with E-state index in [1.165, 1.54) is 0 Å². The summed E-state index contributed by atoms with van der Waals surface area (Å²) >= 11 is 0. The Bertz CT molecular complexity index is 487. The van der Waals surface area contributed by atoms with Crippen molar-refractivity contribution in [1.82, 2.24) is 0 Å². The van der Waals surface area contributed by atoms with Crippen LogP contribution >= 0.6 is 0 Å². The second-order valence-corrected chi connectivity index (χ2v) is 4.42. The van der Waals surface area contributed by atoms with E-state index in [9.17, 15) is 35.5 Å². The zero-order chi connectivity index (χ0) is 16.7. The molecule has 0 fully saturated rings. The standard InChI is InChI=1S/C4H6O6.2K.H2O8S2/c5-1(3(7)8)2(6)4(9)10;;;1-9(2,3)7-8-10(4,5)6/h1-2,5-6H,(H,7,8)(H,9,10);;;(H,1,2,3)(H,4,5,6)/q;2*+1;/p-2. The number of carboxylic acid groups (broad SMARTS) is 2. The molecule has 120 valence electrons. The molecule has 0 aliphatic heterocycles. The smallest absolute Gasteiger partial charge is 0.724 e. The minimum absolute atomic E-state index is 0. The van der Waals surface area contributed by atoms with Crippen LogP contribution in [0.15, 0.2) is 0 Å². The molecule has 2 atom stereocenters. The Balaban J connectivity index is -0.000000135. The molecule has 0 aliphatic rings. The average molecular weight is 420 g/mol. The molecule has 0 spiro atoms. The molecule has 0 aliphatic carbocycles. The van der Waals surface area contributed by atoms with Crippen LogP contribution in [-0.4, -0.2) is 70.5 Å². The van der Waals surface area contributed by atoms with Crippen molar-refractivity contribution in [3.05, 3.63) is 0 Å². The fourth-order valence-corrected chi connectivity index (χ4v) is 0.882. The third kappa shape index (κ3) is 21.9. The van der Waals surface area contributed by atoms with Crippen molar-refractivity contribution in [2.24, 2.45) is 0 Å². The van der Waals surface area contributed by atoms with Gasteiger partial charge in [0.15, 0.2) is 12.2 Å². The van der Waals surface area contributed by atoms with Gasteiger partial charge in [0.05, 0.1) is 0 Å². The first-order chi connectivity index (χ1) is 8.67. The minimum atomic E-state index is -5.31. The maximum atomic E-state index is 9.77. The zero-order valence-corrected chi connectivity index (χ0v) is 18.7. The molecular weight excluding hydrogens is 414 g/mol. The summed E-state index contributed by atoms with van der Waals surface area (Å²) in [6.07, 6.45) is -4.53. The number of rotatable bonds is 6. The number of aliphatic hydroxyl groups excluding tert-OH is 2. The van der Waals surface area contributed by atoms with Crippen molar-refractivity contribution in [3.8, 4) is 0 Å². The van der Waals surface area contributed by atoms with E-state index in [4.69, 9.17) is 20.4 Å². The Morgan fingerprint density at radius 3 is 1.05 bits per heavy atom. The summed E-state index contributed by atoms with van der Waals surface area (Å²) in [5.41, 5.74) is 0. The summed E-state index contributed by atoms with van der Waals surface area (Å²) in [7, 11) is -10.6. The molecule has 0 aromatic rings. The van der Waals surface area contributed by atoms with Crippen molar-refractivity contribution in [1.29, 1.82) is 0 Å². The molecule has 4 N–H and O–H groups in total. The minimum Gasteiger partial charge on any atom is -0.724 e. The summed E-state index contributed by atoms with van der Waals surface area (Å²) in [5.74, 6) is -3.54. The number of hydrogen-bond donors (Lipinski definition) is 4. The second-order valence-electron chi connectivity index (χ2n) is 2.52. The molecule has 22 heavy (non-hydrogen) atoms. The van der Waals surface area contributed by atoms with E-state index in [0.29, 0.717) is 0 Å². The maximum Gasteiger partial charge on any atom is 1.00 e. The molecule has 0 bridgehead atoms. The fraction of sp³-hybridized carbons (Fsp3) is 0.500. The summed E-state index contributed by atoms with van der Waals surface area (Å²) in [6, 6.07) is 0. The van der Waals surface area contributed by atoms with Crippen LogP contribution in [0.3, 0.4) is 0 Å². The first-order valence-electron chi connectivity index (χ1n) is 3.78. The van der Waals surface area contributed by atoms with E-state index in [1.807, 2.05) is 0 Å². The van der Waals surface area contributed by atoms with Gasteiger partial charge in [0.25, 0.3) is 0 Å². The monoisotopic (exact) mass is 420 g/mol. The molecule has 0 saturated heterocycles.